The first-order valence-corrected chi connectivity index (χ1v) is 7.24. The van der Waals surface area contributed by atoms with Crippen LogP contribution in [0.3, 0.4) is 0 Å². The van der Waals surface area contributed by atoms with Crippen LogP contribution in [0, 0.1) is 5.92 Å². The number of aromatic nitrogens is 1. The van der Waals surface area contributed by atoms with Crippen molar-refractivity contribution in [1.29, 1.82) is 0 Å². The normalized spacial score (nSPS) is 15.9. The Hall–Kier alpha value is -1.63. The van der Waals surface area contributed by atoms with E-state index >= 15 is 0 Å². The topological polar surface area (TPSA) is 82.5 Å². The van der Waals surface area contributed by atoms with Crippen LogP contribution < -0.4 is 5.32 Å². The summed E-state index contributed by atoms with van der Waals surface area (Å²) < 4.78 is 0.625. The molecule has 20 heavy (non-hydrogen) atoms. The highest BCUT2D eigenvalue weighted by molar-refractivity contribution is 9.10. The van der Waals surface area contributed by atoms with Gasteiger partial charge in [0.1, 0.15) is 10.3 Å². The highest BCUT2D eigenvalue weighted by Crippen LogP contribution is 2.16. The first-order valence-electron chi connectivity index (χ1n) is 6.45. The van der Waals surface area contributed by atoms with E-state index in [1.54, 1.807) is 18.2 Å². The first-order chi connectivity index (χ1) is 9.56. The molecule has 0 aliphatic carbocycles. The van der Waals surface area contributed by atoms with Crippen LogP contribution in [-0.2, 0) is 0 Å². The van der Waals surface area contributed by atoms with E-state index in [1.807, 2.05) is 0 Å². The van der Waals surface area contributed by atoms with Crippen LogP contribution in [0.15, 0.2) is 22.8 Å². The predicted molar refractivity (Wildman–Crippen MR) is 76.6 cm³/mol. The zero-order valence-electron chi connectivity index (χ0n) is 10.9. The Labute approximate surface area is 125 Å². The smallest absolute Gasteiger partial charge is 0.407 e. The third kappa shape index (κ3) is 3.93. The minimum atomic E-state index is -0.870. The molecule has 1 fully saturated rings. The molecular formula is C13H16BrN3O3. The summed E-state index contributed by atoms with van der Waals surface area (Å²) in [6.45, 7) is 1.62. The van der Waals surface area contributed by atoms with Crippen molar-refractivity contribution < 1.29 is 14.7 Å². The maximum atomic E-state index is 11.9. The molecule has 1 saturated heterocycles. The number of nitrogens with zero attached hydrogens (tertiary/aromatic N) is 2. The number of pyridine rings is 1. The van der Waals surface area contributed by atoms with Gasteiger partial charge in [0.15, 0.2) is 0 Å². The highest BCUT2D eigenvalue weighted by Gasteiger charge is 2.22. The van der Waals surface area contributed by atoms with Gasteiger partial charge in [-0.15, -0.1) is 0 Å². The van der Waals surface area contributed by atoms with Gasteiger partial charge in [0.25, 0.3) is 5.91 Å². The number of hydrogen-bond donors (Lipinski definition) is 2. The summed E-state index contributed by atoms with van der Waals surface area (Å²) in [5.41, 5.74) is 0.377. The summed E-state index contributed by atoms with van der Waals surface area (Å²) in [4.78, 5) is 28.2. The first kappa shape index (κ1) is 14.8. The molecule has 6 nitrogen and oxygen atoms in total. The molecule has 108 valence electrons. The second kappa shape index (κ2) is 6.69. The molecule has 7 heteroatoms. The van der Waals surface area contributed by atoms with Crippen LogP contribution >= 0.6 is 15.9 Å². The van der Waals surface area contributed by atoms with Gasteiger partial charge in [0, 0.05) is 19.6 Å². The van der Waals surface area contributed by atoms with Gasteiger partial charge in [0.05, 0.1) is 0 Å². The highest BCUT2D eigenvalue weighted by atomic mass is 79.9. The molecule has 2 amide bonds. The van der Waals surface area contributed by atoms with Gasteiger partial charge < -0.3 is 15.3 Å². The Kier molecular flexibility index (Phi) is 4.94. The van der Waals surface area contributed by atoms with E-state index in [4.69, 9.17) is 5.11 Å². The molecule has 0 unspecified atom stereocenters. The van der Waals surface area contributed by atoms with Crippen molar-refractivity contribution in [2.75, 3.05) is 19.6 Å². The number of amides is 2. The van der Waals surface area contributed by atoms with E-state index in [9.17, 15) is 9.59 Å². The number of halogens is 1. The molecule has 1 aliphatic rings. The molecule has 0 aromatic carbocycles. The third-order valence-corrected chi connectivity index (χ3v) is 3.83. The zero-order valence-corrected chi connectivity index (χ0v) is 12.5. The molecule has 0 saturated carbocycles. The van der Waals surface area contributed by atoms with E-state index in [0.717, 1.165) is 12.8 Å². The molecule has 0 atom stereocenters. The molecule has 0 radical (unpaired) electrons. The number of carbonyl (C=O) groups is 2. The summed E-state index contributed by atoms with van der Waals surface area (Å²) in [6.07, 6.45) is 0.683. The Morgan fingerprint density at radius 1 is 1.40 bits per heavy atom. The Morgan fingerprint density at radius 2 is 2.10 bits per heavy atom. The van der Waals surface area contributed by atoms with Gasteiger partial charge in [-0.3, -0.25) is 4.79 Å². The summed E-state index contributed by atoms with van der Waals surface area (Å²) in [5, 5.41) is 11.7. The summed E-state index contributed by atoms with van der Waals surface area (Å²) in [6, 6.07) is 5.18. The Bertz CT molecular complexity index is 501. The molecule has 2 rings (SSSR count). The van der Waals surface area contributed by atoms with Crippen molar-refractivity contribution >= 4 is 27.9 Å². The molecular weight excluding hydrogens is 326 g/mol. The second-order valence-corrected chi connectivity index (χ2v) is 5.58. The fourth-order valence-corrected chi connectivity index (χ4v) is 2.53. The number of likely N-dealkylation sites (tertiary alicyclic amines) is 1. The summed E-state index contributed by atoms with van der Waals surface area (Å²) in [7, 11) is 0. The van der Waals surface area contributed by atoms with Crippen LogP contribution in [0.4, 0.5) is 4.79 Å². The number of rotatable bonds is 3. The van der Waals surface area contributed by atoms with Gasteiger partial charge in [-0.25, -0.2) is 9.78 Å². The Morgan fingerprint density at radius 3 is 2.70 bits per heavy atom. The van der Waals surface area contributed by atoms with Crippen molar-refractivity contribution in [3.05, 3.63) is 28.5 Å². The number of hydrogen-bond acceptors (Lipinski definition) is 3. The predicted octanol–water partition coefficient (Wildman–Crippen LogP) is 1.96. The molecule has 2 N–H and O–H groups in total. The average Bonchev–Trinajstić information content (AvgIpc) is 2.45. The minimum Gasteiger partial charge on any atom is -0.465 e. The number of carboxylic acid groups (broad SMARTS) is 1. The Balaban J connectivity index is 1.79. The van der Waals surface area contributed by atoms with Gasteiger partial charge in [-0.1, -0.05) is 6.07 Å². The maximum Gasteiger partial charge on any atom is 0.407 e. The zero-order chi connectivity index (χ0) is 14.5. The number of nitrogens with one attached hydrogen (secondary N) is 1. The van der Waals surface area contributed by atoms with E-state index in [0.29, 0.717) is 35.8 Å². The van der Waals surface area contributed by atoms with Crippen LogP contribution in [0.5, 0.6) is 0 Å². The van der Waals surface area contributed by atoms with E-state index < -0.39 is 6.09 Å². The average molecular weight is 342 g/mol. The SMILES string of the molecule is O=C(NCC1CCN(C(=O)O)CC1)c1cccc(Br)n1. The van der Waals surface area contributed by atoms with Gasteiger partial charge in [-0.05, 0) is 46.8 Å². The fourth-order valence-electron chi connectivity index (χ4n) is 2.19. The largest absolute Gasteiger partial charge is 0.465 e. The second-order valence-electron chi connectivity index (χ2n) is 4.77. The van der Waals surface area contributed by atoms with Crippen molar-refractivity contribution in [3.63, 3.8) is 0 Å². The van der Waals surface area contributed by atoms with Crippen LogP contribution in [0.1, 0.15) is 23.3 Å². The van der Waals surface area contributed by atoms with Crippen LogP contribution in [-0.4, -0.2) is 46.6 Å². The fraction of sp³-hybridized carbons (Fsp3) is 0.462. The number of piperidine rings is 1. The third-order valence-electron chi connectivity index (χ3n) is 3.38. The van der Waals surface area contributed by atoms with Crippen LogP contribution in [0.25, 0.3) is 0 Å². The van der Waals surface area contributed by atoms with E-state index in [-0.39, 0.29) is 5.91 Å². The lowest BCUT2D eigenvalue weighted by molar-refractivity contribution is 0.0924. The van der Waals surface area contributed by atoms with E-state index in [2.05, 4.69) is 26.2 Å². The lowest BCUT2D eigenvalue weighted by atomic mass is 9.97. The minimum absolute atomic E-state index is 0.202. The lowest BCUT2D eigenvalue weighted by Crippen LogP contribution is -2.41. The standard InChI is InChI=1S/C13H16BrN3O3/c14-11-3-1-2-10(16-11)12(18)15-8-9-4-6-17(7-5-9)13(19)20/h1-3,9H,4-8H2,(H,15,18)(H,19,20). The molecule has 1 aromatic rings. The van der Waals surface area contributed by atoms with Crippen molar-refractivity contribution in [2.45, 2.75) is 12.8 Å². The summed E-state index contributed by atoms with van der Waals surface area (Å²) >= 11 is 3.23. The monoisotopic (exact) mass is 341 g/mol. The molecule has 1 aromatic heterocycles. The molecule has 2 heterocycles. The summed E-state index contributed by atoms with van der Waals surface area (Å²) in [5.74, 6) is 0.119. The molecule has 0 bridgehead atoms. The maximum absolute atomic E-state index is 11.9. The lowest BCUT2D eigenvalue weighted by Gasteiger charge is -2.29. The van der Waals surface area contributed by atoms with E-state index in [1.165, 1.54) is 4.90 Å². The van der Waals surface area contributed by atoms with Crippen molar-refractivity contribution in [2.24, 2.45) is 5.92 Å². The van der Waals surface area contributed by atoms with Crippen LogP contribution in [0.2, 0.25) is 0 Å². The quantitative estimate of drug-likeness (QED) is 0.823. The molecule has 1 aliphatic heterocycles. The van der Waals surface area contributed by atoms with Gasteiger partial charge in [0.2, 0.25) is 0 Å². The van der Waals surface area contributed by atoms with Gasteiger partial charge in [-0.2, -0.15) is 0 Å². The molecule has 0 spiro atoms. The van der Waals surface area contributed by atoms with Crippen molar-refractivity contribution in [1.82, 2.24) is 15.2 Å². The van der Waals surface area contributed by atoms with Crippen molar-refractivity contribution in [3.8, 4) is 0 Å². The van der Waals surface area contributed by atoms with Gasteiger partial charge >= 0.3 is 6.09 Å². The number of carbonyl (C=O) groups excluding carboxylic acids is 1.